The number of amides is 3. The number of rotatable bonds is 8. The summed E-state index contributed by atoms with van der Waals surface area (Å²) in [5, 5.41) is 17.7. The van der Waals surface area contributed by atoms with Gasteiger partial charge in [0.1, 0.15) is 5.75 Å². The maximum atomic E-state index is 12.4. The number of carboxylic acid groups (broad SMARTS) is 1. The zero-order chi connectivity index (χ0) is 23.9. The van der Waals surface area contributed by atoms with Crippen LogP contribution in [0.25, 0.3) is 0 Å². The Morgan fingerprint density at radius 2 is 1.59 bits per heavy atom. The number of aryl methyl sites for hydroxylation is 1. The lowest BCUT2D eigenvalue weighted by atomic mass is 9.87. The van der Waals surface area contributed by atoms with Gasteiger partial charge in [0.25, 0.3) is 5.91 Å². The fourth-order valence-electron chi connectivity index (χ4n) is 4.68. The first-order valence-electron chi connectivity index (χ1n) is 11.9. The quantitative estimate of drug-likeness (QED) is 0.446. The molecule has 4 N–H and O–H groups in total. The van der Waals surface area contributed by atoms with E-state index in [4.69, 9.17) is 9.84 Å². The Hall–Kier alpha value is -3.55. The number of hydrogen-bond donors (Lipinski definition) is 4. The van der Waals surface area contributed by atoms with E-state index in [0.717, 1.165) is 12.8 Å². The first-order chi connectivity index (χ1) is 16.5. The maximum absolute atomic E-state index is 12.4. The third-order valence-electron chi connectivity index (χ3n) is 6.58. The monoisotopic (exact) mass is 465 g/mol. The predicted octanol–water partition coefficient (Wildman–Crippen LogP) is 3.43. The van der Waals surface area contributed by atoms with Gasteiger partial charge in [0.15, 0.2) is 0 Å². The first-order valence-corrected chi connectivity index (χ1v) is 11.9. The van der Waals surface area contributed by atoms with Crippen molar-refractivity contribution in [2.45, 2.75) is 50.7 Å². The highest BCUT2D eigenvalue weighted by Gasteiger charge is 2.27. The molecule has 1 saturated carbocycles. The SMILES string of the molecule is O=C(NCCNC(=O)c1ccc(OC2CCC(C(=O)O)CC2)cc1)N[C@@H]1CCc2ccccc21. The smallest absolute Gasteiger partial charge is 0.315 e. The maximum Gasteiger partial charge on any atom is 0.315 e. The Morgan fingerprint density at radius 1 is 0.882 bits per heavy atom. The summed E-state index contributed by atoms with van der Waals surface area (Å²) in [6.07, 6.45) is 4.55. The Bertz CT molecular complexity index is 1020. The summed E-state index contributed by atoms with van der Waals surface area (Å²) < 4.78 is 5.94. The van der Waals surface area contributed by atoms with Gasteiger partial charge in [-0.2, -0.15) is 0 Å². The summed E-state index contributed by atoms with van der Waals surface area (Å²) in [6.45, 7) is 0.644. The summed E-state index contributed by atoms with van der Waals surface area (Å²) in [5.41, 5.74) is 2.96. The normalized spacial score (nSPS) is 21.2. The Morgan fingerprint density at radius 3 is 2.32 bits per heavy atom. The molecule has 0 aliphatic heterocycles. The van der Waals surface area contributed by atoms with Crippen LogP contribution >= 0.6 is 0 Å². The number of carbonyl (C=O) groups excluding carboxylic acids is 2. The van der Waals surface area contributed by atoms with Crippen LogP contribution < -0.4 is 20.7 Å². The van der Waals surface area contributed by atoms with Crippen LogP contribution in [0.4, 0.5) is 4.79 Å². The standard InChI is InChI=1S/C26H31N3O5/c30-24(18-5-10-20(11-6-18)34-21-12-7-19(8-13-21)25(31)32)27-15-16-28-26(33)29-23-14-9-17-3-1-2-4-22(17)23/h1-6,10-11,19,21,23H,7-9,12-16H2,(H,27,30)(H,31,32)(H2,28,29,33)/t19?,21?,23-/m1/s1. The van der Waals surface area contributed by atoms with Crippen molar-refractivity contribution in [3.05, 3.63) is 65.2 Å². The number of carboxylic acids is 1. The van der Waals surface area contributed by atoms with E-state index in [0.29, 0.717) is 50.1 Å². The number of nitrogens with one attached hydrogen (secondary N) is 3. The highest BCUT2D eigenvalue weighted by Crippen LogP contribution is 2.30. The van der Waals surface area contributed by atoms with Crippen molar-refractivity contribution >= 4 is 17.9 Å². The molecule has 0 heterocycles. The molecule has 180 valence electrons. The van der Waals surface area contributed by atoms with Crippen LogP contribution in [0.5, 0.6) is 5.75 Å². The van der Waals surface area contributed by atoms with Crippen LogP contribution in [-0.2, 0) is 11.2 Å². The van der Waals surface area contributed by atoms with Gasteiger partial charge < -0.3 is 25.8 Å². The molecular weight excluding hydrogens is 434 g/mol. The molecule has 1 fully saturated rings. The first kappa shape index (κ1) is 23.6. The van der Waals surface area contributed by atoms with Crippen LogP contribution in [0, 0.1) is 5.92 Å². The van der Waals surface area contributed by atoms with Crippen LogP contribution in [-0.4, -0.2) is 42.2 Å². The molecule has 8 nitrogen and oxygen atoms in total. The second-order valence-electron chi connectivity index (χ2n) is 8.90. The van der Waals surface area contributed by atoms with Gasteiger partial charge in [-0.15, -0.1) is 0 Å². The zero-order valence-corrected chi connectivity index (χ0v) is 19.1. The van der Waals surface area contributed by atoms with E-state index in [1.54, 1.807) is 24.3 Å². The van der Waals surface area contributed by atoms with Crippen molar-refractivity contribution in [3.63, 3.8) is 0 Å². The molecule has 2 aromatic carbocycles. The summed E-state index contributed by atoms with van der Waals surface area (Å²) in [6, 6.07) is 14.8. The van der Waals surface area contributed by atoms with E-state index in [9.17, 15) is 14.4 Å². The van der Waals surface area contributed by atoms with E-state index < -0.39 is 5.97 Å². The highest BCUT2D eigenvalue weighted by molar-refractivity contribution is 5.94. The Labute approximate surface area is 199 Å². The van der Waals surface area contributed by atoms with Gasteiger partial charge in [0.2, 0.25) is 0 Å². The lowest BCUT2D eigenvalue weighted by Crippen LogP contribution is -2.41. The molecule has 2 aromatic rings. The van der Waals surface area contributed by atoms with E-state index in [1.807, 2.05) is 18.2 Å². The lowest BCUT2D eigenvalue weighted by Gasteiger charge is -2.26. The Balaban J connectivity index is 1.14. The number of ether oxygens (including phenoxy) is 1. The van der Waals surface area contributed by atoms with E-state index in [-0.39, 0.29) is 30.0 Å². The fraction of sp³-hybridized carbons (Fsp3) is 0.423. The average Bonchev–Trinajstić information content (AvgIpc) is 3.25. The highest BCUT2D eigenvalue weighted by atomic mass is 16.5. The van der Waals surface area contributed by atoms with Gasteiger partial charge in [0, 0.05) is 18.7 Å². The second-order valence-corrected chi connectivity index (χ2v) is 8.90. The molecule has 4 rings (SSSR count). The molecule has 0 aromatic heterocycles. The van der Waals surface area contributed by atoms with Crippen molar-refractivity contribution in [2.24, 2.45) is 5.92 Å². The number of benzene rings is 2. The minimum absolute atomic E-state index is 0.00482. The van der Waals surface area contributed by atoms with E-state index in [1.165, 1.54) is 11.1 Å². The minimum Gasteiger partial charge on any atom is -0.490 e. The van der Waals surface area contributed by atoms with Gasteiger partial charge in [-0.1, -0.05) is 24.3 Å². The number of fused-ring (bicyclic) bond motifs is 1. The molecule has 2 aliphatic carbocycles. The van der Waals surface area contributed by atoms with Gasteiger partial charge in [-0.3, -0.25) is 9.59 Å². The average molecular weight is 466 g/mol. The predicted molar refractivity (Wildman–Crippen MR) is 127 cm³/mol. The van der Waals surface area contributed by atoms with Crippen molar-refractivity contribution in [3.8, 4) is 5.75 Å². The molecule has 34 heavy (non-hydrogen) atoms. The van der Waals surface area contributed by atoms with E-state index in [2.05, 4.69) is 22.0 Å². The molecule has 0 bridgehead atoms. The summed E-state index contributed by atoms with van der Waals surface area (Å²) >= 11 is 0. The molecular formula is C26H31N3O5. The Kier molecular flexibility index (Phi) is 7.67. The van der Waals surface area contributed by atoms with Crippen LogP contribution in [0.1, 0.15) is 59.6 Å². The third-order valence-corrected chi connectivity index (χ3v) is 6.58. The van der Waals surface area contributed by atoms with Crippen molar-refractivity contribution in [1.29, 1.82) is 0 Å². The molecule has 1 atom stereocenters. The number of carbonyl (C=O) groups is 3. The van der Waals surface area contributed by atoms with Gasteiger partial charge in [-0.25, -0.2) is 4.79 Å². The van der Waals surface area contributed by atoms with Crippen molar-refractivity contribution in [2.75, 3.05) is 13.1 Å². The molecule has 2 aliphatic rings. The molecule has 3 amide bonds. The molecule has 0 saturated heterocycles. The van der Waals surface area contributed by atoms with Gasteiger partial charge in [0.05, 0.1) is 18.1 Å². The van der Waals surface area contributed by atoms with Crippen molar-refractivity contribution < 1.29 is 24.2 Å². The molecule has 0 unspecified atom stereocenters. The number of aliphatic carboxylic acids is 1. The van der Waals surface area contributed by atoms with Gasteiger partial charge in [-0.05, 0) is 73.9 Å². The van der Waals surface area contributed by atoms with Crippen molar-refractivity contribution in [1.82, 2.24) is 16.0 Å². The second kappa shape index (κ2) is 11.0. The number of urea groups is 1. The molecule has 0 spiro atoms. The van der Waals surface area contributed by atoms with Gasteiger partial charge >= 0.3 is 12.0 Å². The lowest BCUT2D eigenvalue weighted by molar-refractivity contribution is -0.143. The summed E-state index contributed by atoms with van der Waals surface area (Å²) in [7, 11) is 0. The third kappa shape index (κ3) is 6.07. The minimum atomic E-state index is -0.732. The summed E-state index contributed by atoms with van der Waals surface area (Å²) in [4.78, 5) is 35.6. The van der Waals surface area contributed by atoms with Crippen LogP contribution in [0.15, 0.2) is 48.5 Å². The largest absolute Gasteiger partial charge is 0.490 e. The van der Waals surface area contributed by atoms with Crippen LogP contribution in [0.2, 0.25) is 0 Å². The topological polar surface area (TPSA) is 117 Å². The number of hydrogen-bond acceptors (Lipinski definition) is 4. The molecule has 8 heteroatoms. The van der Waals surface area contributed by atoms with Crippen LogP contribution in [0.3, 0.4) is 0 Å². The molecule has 0 radical (unpaired) electrons. The summed E-state index contributed by atoms with van der Waals surface area (Å²) in [5.74, 6) is -0.558. The zero-order valence-electron chi connectivity index (χ0n) is 19.1. The van der Waals surface area contributed by atoms with E-state index >= 15 is 0 Å². The fourth-order valence-corrected chi connectivity index (χ4v) is 4.68.